The number of rotatable bonds is 5. The van der Waals surface area contributed by atoms with Crippen LogP contribution in [0.4, 0.5) is 5.69 Å². The quantitative estimate of drug-likeness (QED) is 0.696. The lowest BCUT2D eigenvalue weighted by Crippen LogP contribution is -2.39. The Bertz CT molecular complexity index is 984. The van der Waals surface area contributed by atoms with Crippen molar-refractivity contribution >= 4 is 39.0 Å². The van der Waals surface area contributed by atoms with Crippen molar-refractivity contribution in [1.82, 2.24) is 4.90 Å². The molecule has 4 rings (SSSR count). The van der Waals surface area contributed by atoms with Gasteiger partial charge in [-0.2, -0.15) is 0 Å². The van der Waals surface area contributed by atoms with Gasteiger partial charge in [-0.15, -0.1) is 11.3 Å². The zero-order valence-corrected chi connectivity index (χ0v) is 15.5. The highest BCUT2D eigenvalue weighted by Gasteiger charge is 2.30. The van der Waals surface area contributed by atoms with Crippen molar-refractivity contribution in [3.8, 4) is 0 Å². The summed E-state index contributed by atoms with van der Waals surface area (Å²) >= 11 is 1.24. The molecule has 138 valence electrons. The number of hydrogen-bond donors (Lipinski definition) is 2. The summed E-state index contributed by atoms with van der Waals surface area (Å²) in [5, 5.41) is 13.0. The van der Waals surface area contributed by atoms with E-state index in [4.69, 9.17) is 5.11 Å². The molecule has 2 aromatic carbocycles. The third-order valence-electron chi connectivity index (χ3n) is 4.89. The van der Waals surface area contributed by atoms with Gasteiger partial charge >= 0.3 is 5.97 Å². The number of nitrogens with one attached hydrogen (secondary N) is 1. The van der Waals surface area contributed by atoms with E-state index in [0.717, 1.165) is 36.0 Å². The Kier molecular flexibility index (Phi) is 4.92. The Balaban J connectivity index is 1.47. The summed E-state index contributed by atoms with van der Waals surface area (Å²) in [5.41, 5.74) is 1.91. The molecule has 1 saturated heterocycles. The summed E-state index contributed by atoms with van der Waals surface area (Å²) < 4.78 is 0.900. The van der Waals surface area contributed by atoms with Gasteiger partial charge in [-0.1, -0.05) is 30.3 Å². The van der Waals surface area contributed by atoms with Crippen LogP contribution in [0.2, 0.25) is 0 Å². The molecule has 2 heterocycles. The van der Waals surface area contributed by atoms with Crippen molar-refractivity contribution in [3.05, 3.63) is 65.0 Å². The predicted molar refractivity (Wildman–Crippen MR) is 107 cm³/mol. The van der Waals surface area contributed by atoms with Gasteiger partial charge in [0, 0.05) is 16.9 Å². The molecule has 0 aliphatic carbocycles. The number of carbonyl (C=O) groups is 2. The molecule has 27 heavy (non-hydrogen) atoms. The van der Waals surface area contributed by atoms with E-state index in [0.29, 0.717) is 10.6 Å². The fourth-order valence-corrected chi connectivity index (χ4v) is 4.46. The first kappa shape index (κ1) is 17.7. The standard InChI is InChI=1S/C21H20N2O3S/c24-20(17-7-4-10-23(17)13-14-5-2-1-3-6-14)22-16-8-9-18-15(11-16)12-19(27-18)21(25)26/h1-3,5-6,8-9,11-12,17H,4,7,10,13H2,(H,22,24)(H,25,26). The minimum atomic E-state index is -0.927. The number of benzene rings is 2. The Morgan fingerprint density at radius 2 is 1.96 bits per heavy atom. The number of likely N-dealkylation sites (tertiary alicyclic amines) is 1. The van der Waals surface area contributed by atoms with Crippen molar-refractivity contribution < 1.29 is 14.7 Å². The smallest absolute Gasteiger partial charge is 0.345 e. The topological polar surface area (TPSA) is 69.6 Å². The van der Waals surface area contributed by atoms with Crippen molar-refractivity contribution in [3.63, 3.8) is 0 Å². The summed E-state index contributed by atoms with van der Waals surface area (Å²) in [6.07, 6.45) is 1.86. The molecule has 1 atom stereocenters. The van der Waals surface area contributed by atoms with E-state index in [1.165, 1.54) is 16.9 Å². The van der Waals surface area contributed by atoms with Crippen molar-refractivity contribution in [2.24, 2.45) is 0 Å². The van der Waals surface area contributed by atoms with Crippen molar-refractivity contribution in [2.45, 2.75) is 25.4 Å². The van der Waals surface area contributed by atoms with Crippen LogP contribution >= 0.6 is 11.3 Å². The molecule has 0 saturated carbocycles. The maximum Gasteiger partial charge on any atom is 0.345 e. The number of carboxylic acids is 1. The van der Waals surface area contributed by atoms with Gasteiger partial charge in [0.05, 0.1) is 6.04 Å². The molecule has 1 unspecified atom stereocenters. The minimum Gasteiger partial charge on any atom is -0.477 e. The number of amides is 1. The second-order valence-electron chi connectivity index (χ2n) is 6.77. The van der Waals surface area contributed by atoms with Gasteiger partial charge in [-0.25, -0.2) is 4.79 Å². The van der Waals surface area contributed by atoms with Gasteiger partial charge < -0.3 is 10.4 Å². The molecule has 1 aliphatic rings. The van der Waals surface area contributed by atoms with Crippen molar-refractivity contribution in [2.75, 3.05) is 11.9 Å². The number of anilines is 1. The summed E-state index contributed by atoms with van der Waals surface area (Å²) in [6.45, 7) is 1.68. The predicted octanol–water partition coefficient (Wildman–Crippen LogP) is 4.20. The average Bonchev–Trinajstić information content (AvgIpc) is 3.29. The molecule has 0 radical (unpaired) electrons. The van der Waals surface area contributed by atoms with Crippen LogP contribution in [0.15, 0.2) is 54.6 Å². The van der Waals surface area contributed by atoms with Crippen LogP contribution in [0.3, 0.4) is 0 Å². The highest BCUT2D eigenvalue weighted by Crippen LogP contribution is 2.29. The highest BCUT2D eigenvalue weighted by atomic mass is 32.1. The van der Waals surface area contributed by atoms with E-state index in [-0.39, 0.29) is 11.9 Å². The Morgan fingerprint density at radius 1 is 1.15 bits per heavy atom. The largest absolute Gasteiger partial charge is 0.477 e. The lowest BCUT2D eigenvalue weighted by atomic mass is 10.1. The van der Waals surface area contributed by atoms with E-state index in [1.807, 2.05) is 36.4 Å². The molecule has 6 heteroatoms. The SMILES string of the molecule is O=C(O)c1cc2cc(NC(=O)C3CCCN3Cc3ccccc3)ccc2s1. The van der Waals surface area contributed by atoms with E-state index < -0.39 is 5.97 Å². The van der Waals surface area contributed by atoms with E-state index in [1.54, 1.807) is 6.07 Å². The van der Waals surface area contributed by atoms with Gasteiger partial charge in [0.25, 0.3) is 0 Å². The van der Waals surface area contributed by atoms with Gasteiger partial charge in [-0.05, 0) is 54.6 Å². The number of hydrogen-bond acceptors (Lipinski definition) is 4. The molecule has 1 aromatic heterocycles. The molecule has 1 amide bonds. The first-order valence-corrected chi connectivity index (χ1v) is 9.77. The number of fused-ring (bicyclic) bond motifs is 1. The molecule has 5 nitrogen and oxygen atoms in total. The van der Waals surface area contributed by atoms with Gasteiger partial charge in [0.1, 0.15) is 4.88 Å². The number of carbonyl (C=O) groups excluding carboxylic acids is 1. The Hall–Kier alpha value is -2.70. The van der Waals surface area contributed by atoms with Crippen LogP contribution in [0, 0.1) is 0 Å². The maximum absolute atomic E-state index is 12.8. The van der Waals surface area contributed by atoms with Gasteiger partial charge in [-0.3, -0.25) is 9.69 Å². The third kappa shape index (κ3) is 3.86. The summed E-state index contributed by atoms with van der Waals surface area (Å²) in [6, 6.07) is 17.2. The average molecular weight is 380 g/mol. The zero-order valence-electron chi connectivity index (χ0n) is 14.7. The fourth-order valence-electron chi connectivity index (χ4n) is 3.58. The van der Waals surface area contributed by atoms with Crippen LogP contribution in [0.25, 0.3) is 10.1 Å². The van der Waals surface area contributed by atoms with Gasteiger partial charge in [0.2, 0.25) is 5.91 Å². The second-order valence-corrected chi connectivity index (χ2v) is 7.86. The Labute approximate surface area is 161 Å². The Morgan fingerprint density at radius 3 is 2.74 bits per heavy atom. The van der Waals surface area contributed by atoms with Gasteiger partial charge in [0.15, 0.2) is 0 Å². The molecule has 0 bridgehead atoms. The highest BCUT2D eigenvalue weighted by molar-refractivity contribution is 7.20. The molecule has 2 N–H and O–H groups in total. The number of aromatic carboxylic acids is 1. The first-order chi connectivity index (χ1) is 13.1. The van der Waals surface area contributed by atoms with E-state index in [9.17, 15) is 9.59 Å². The molecular formula is C21H20N2O3S. The van der Waals surface area contributed by atoms with Crippen molar-refractivity contribution in [1.29, 1.82) is 0 Å². The monoisotopic (exact) mass is 380 g/mol. The maximum atomic E-state index is 12.8. The normalized spacial score (nSPS) is 17.3. The van der Waals surface area contributed by atoms with Crippen LogP contribution in [-0.2, 0) is 11.3 Å². The van der Waals surface area contributed by atoms with Crippen LogP contribution < -0.4 is 5.32 Å². The minimum absolute atomic E-state index is 0.00327. The molecule has 3 aromatic rings. The molecular weight excluding hydrogens is 360 g/mol. The lowest BCUT2D eigenvalue weighted by molar-refractivity contribution is -0.120. The zero-order chi connectivity index (χ0) is 18.8. The summed E-state index contributed by atoms with van der Waals surface area (Å²) in [7, 11) is 0. The summed E-state index contributed by atoms with van der Waals surface area (Å²) in [5.74, 6) is -0.930. The van der Waals surface area contributed by atoms with E-state index in [2.05, 4.69) is 22.3 Å². The van der Waals surface area contributed by atoms with Crippen LogP contribution in [0.5, 0.6) is 0 Å². The molecule has 1 fully saturated rings. The molecule has 1 aliphatic heterocycles. The van der Waals surface area contributed by atoms with Crippen LogP contribution in [-0.4, -0.2) is 34.5 Å². The van der Waals surface area contributed by atoms with E-state index >= 15 is 0 Å². The number of carboxylic acid groups (broad SMARTS) is 1. The molecule has 0 spiro atoms. The lowest BCUT2D eigenvalue weighted by Gasteiger charge is -2.23. The number of thiophene rings is 1. The first-order valence-electron chi connectivity index (χ1n) is 8.96. The fraction of sp³-hybridized carbons (Fsp3) is 0.238. The number of nitrogens with zero attached hydrogens (tertiary/aromatic N) is 1. The third-order valence-corrected chi connectivity index (χ3v) is 5.99. The van der Waals surface area contributed by atoms with Crippen LogP contribution in [0.1, 0.15) is 28.1 Å². The second kappa shape index (κ2) is 7.50. The summed E-state index contributed by atoms with van der Waals surface area (Å²) in [4.78, 5) is 26.5.